The van der Waals surface area contributed by atoms with E-state index in [1.165, 1.54) is 0 Å². The molecule has 0 unspecified atom stereocenters. The van der Waals surface area contributed by atoms with Crippen LogP contribution < -0.4 is 15.5 Å². The molecule has 25 heavy (non-hydrogen) atoms. The van der Waals surface area contributed by atoms with Crippen LogP contribution in [0.4, 0.5) is 24.8 Å². The van der Waals surface area contributed by atoms with Gasteiger partial charge in [-0.25, -0.2) is 4.98 Å². The van der Waals surface area contributed by atoms with Gasteiger partial charge < -0.3 is 20.3 Å². The van der Waals surface area contributed by atoms with E-state index < -0.39 is 23.2 Å². The number of hydrogen-bond acceptors (Lipinski definition) is 5. The normalized spacial score (nSPS) is 24.6. The first-order chi connectivity index (χ1) is 11.7. The van der Waals surface area contributed by atoms with Crippen molar-refractivity contribution in [2.45, 2.75) is 25.6 Å². The Bertz CT molecular complexity index is 725. The lowest BCUT2D eigenvalue weighted by atomic mass is 9.78. The minimum atomic E-state index is -4.67. The molecule has 3 saturated heterocycles. The lowest BCUT2D eigenvalue weighted by Gasteiger charge is -2.55. The fourth-order valence-electron chi connectivity index (χ4n) is 3.68. The molecular weight excluding hydrogens is 337 g/mol. The summed E-state index contributed by atoms with van der Waals surface area (Å²) in [6.07, 6.45) is -3.83. The molecule has 3 aliphatic heterocycles. The van der Waals surface area contributed by atoms with Crippen molar-refractivity contribution in [1.29, 1.82) is 0 Å². The minimum Gasteiger partial charge on any atom is -0.380 e. The summed E-state index contributed by atoms with van der Waals surface area (Å²) in [4.78, 5) is 19.7. The summed E-state index contributed by atoms with van der Waals surface area (Å²) in [6, 6.07) is 0.977. The summed E-state index contributed by atoms with van der Waals surface area (Å²) < 4.78 is 45.9. The highest BCUT2D eigenvalue weighted by Gasteiger charge is 2.50. The zero-order chi connectivity index (χ0) is 18.0. The van der Waals surface area contributed by atoms with Gasteiger partial charge in [0.1, 0.15) is 11.6 Å². The Labute approximate surface area is 142 Å². The third kappa shape index (κ3) is 2.52. The number of alkyl halides is 3. The van der Waals surface area contributed by atoms with Crippen LogP contribution in [0.1, 0.15) is 29.3 Å². The number of amides is 1. The third-order valence-corrected chi connectivity index (χ3v) is 5.32. The van der Waals surface area contributed by atoms with E-state index in [2.05, 4.69) is 4.98 Å². The Balaban J connectivity index is 1.77. The average molecular weight is 356 g/mol. The van der Waals surface area contributed by atoms with Crippen molar-refractivity contribution >= 4 is 17.5 Å². The van der Waals surface area contributed by atoms with E-state index in [0.29, 0.717) is 32.8 Å². The first-order valence-electron chi connectivity index (χ1n) is 8.22. The molecule has 3 fully saturated rings. The molecule has 0 bridgehead atoms. The van der Waals surface area contributed by atoms with Crippen molar-refractivity contribution in [1.82, 2.24) is 4.98 Å². The first kappa shape index (κ1) is 16.4. The maximum atomic E-state index is 13.6. The van der Waals surface area contributed by atoms with Crippen LogP contribution in [0.25, 0.3) is 0 Å². The summed E-state index contributed by atoms with van der Waals surface area (Å²) >= 11 is 0. The molecule has 6 nitrogen and oxygen atoms in total. The summed E-state index contributed by atoms with van der Waals surface area (Å²) in [5.41, 5.74) is 3.79. The van der Waals surface area contributed by atoms with E-state index in [0.717, 1.165) is 12.5 Å². The molecule has 136 valence electrons. The Morgan fingerprint density at radius 2 is 2.08 bits per heavy atom. The largest absolute Gasteiger partial charge is 0.417 e. The number of anilines is 2. The quantitative estimate of drug-likeness (QED) is 0.891. The number of halogens is 3. The molecule has 0 aliphatic carbocycles. The Morgan fingerprint density at radius 3 is 2.48 bits per heavy atom. The molecule has 1 aromatic rings. The third-order valence-electron chi connectivity index (χ3n) is 5.32. The van der Waals surface area contributed by atoms with Gasteiger partial charge in [-0.1, -0.05) is 0 Å². The van der Waals surface area contributed by atoms with Crippen molar-refractivity contribution in [2.75, 3.05) is 42.6 Å². The Hall–Kier alpha value is -2.03. The second-order valence-corrected chi connectivity index (χ2v) is 7.27. The molecule has 4 heterocycles. The zero-order valence-corrected chi connectivity index (χ0v) is 13.8. The van der Waals surface area contributed by atoms with Gasteiger partial charge in [0.2, 0.25) is 0 Å². The first-order valence-corrected chi connectivity index (χ1v) is 8.22. The van der Waals surface area contributed by atoms with Gasteiger partial charge in [0.25, 0.3) is 5.91 Å². The van der Waals surface area contributed by atoms with Gasteiger partial charge in [0.05, 0.1) is 29.8 Å². The second-order valence-electron chi connectivity index (χ2n) is 7.27. The summed E-state index contributed by atoms with van der Waals surface area (Å²) in [5, 5.41) is 0. The topological polar surface area (TPSA) is 71.7 Å². The number of nitrogens with zero attached hydrogens (tertiary/aromatic N) is 3. The van der Waals surface area contributed by atoms with Crippen LogP contribution in [-0.2, 0) is 10.9 Å². The maximum absolute atomic E-state index is 13.6. The monoisotopic (exact) mass is 356 g/mol. The fraction of sp³-hybridized carbons (Fsp3) is 0.625. The standard InChI is InChI=1S/C16H19F3N4O2/c1-9-2-3-23(9)14-12(13(20)24)10(16(17,18)19)4-11(21-14)22-5-15(6-22)7-25-8-15/h4,9H,2-3,5-8H2,1H3,(H2,20,24)/t9-/m0/s1. The van der Waals surface area contributed by atoms with Gasteiger partial charge in [0, 0.05) is 25.7 Å². The minimum absolute atomic E-state index is 0.0321. The average Bonchev–Trinajstić information content (AvgIpc) is 2.41. The summed E-state index contributed by atoms with van der Waals surface area (Å²) in [7, 11) is 0. The fourth-order valence-corrected chi connectivity index (χ4v) is 3.68. The molecule has 0 aromatic carbocycles. The van der Waals surface area contributed by atoms with Gasteiger partial charge in [-0.2, -0.15) is 13.2 Å². The van der Waals surface area contributed by atoms with Crippen LogP contribution >= 0.6 is 0 Å². The Morgan fingerprint density at radius 1 is 1.40 bits per heavy atom. The van der Waals surface area contributed by atoms with Gasteiger partial charge in [-0.15, -0.1) is 0 Å². The zero-order valence-electron chi connectivity index (χ0n) is 13.8. The number of nitrogens with two attached hydrogens (primary N) is 1. The highest BCUT2D eigenvalue weighted by Crippen LogP contribution is 2.44. The molecule has 1 atom stereocenters. The van der Waals surface area contributed by atoms with Crippen LogP contribution in [0.3, 0.4) is 0 Å². The van der Waals surface area contributed by atoms with Crippen molar-refractivity contribution in [3.63, 3.8) is 0 Å². The predicted molar refractivity (Wildman–Crippen MR) is 84.6 cm³/mol. The Kier molecular flexibility index (Phi) is 3.44. The molecule has 1 amide bonds. The van der Waals surface area contributed by atoms with Crippen LogP contribution in [0.15, 0.2) is 6.07 Å². The lowest BCUT2D eigenvalue weighted by molar-refractivity contribution is -0.138. The number of aromatic nitrogens is 1. The molecular formula is C16H19F3N4O2. The molecule has 3 aliphatic rings. The maximum Gasteiger partial charge on any atom is 0.417 e. The van der Waals surface area contributed by atoms with E-state index in [1.807, 2.05) is 6.92 Å². The van der Waals surface area contributed by atoms with Crippen molar-refractivity contribution < 1.29 is 22.7 Å². The van der Waals surface area contributed by atoms with E-state index in [-0.39, 0.29) is 23.1 Å². The lowest BCUT2D eigenvalue weighted by Crippen LogP contribution is -2.66. The van der Waals surface area contributed by atoms with Crippen molar-refractivity contribution in [3.8, 4) is 0 Å². The van der Waals surface area contributed by atoms with Crippen LogP contribution in [-0.4, -0.2) is 49.8 Å². The van der Waals surface area contributed by atoms with Gasteiger partial charge in [-0.3, -0.25) is 4.79 Å². The van der Waals surface area contributed by atoms with Crippen molar-refractivity contribution in [2.24, 2.45) is 11.1 Å². The molecule has 0 saturated carbocycles. The molecule has 2 N–H and O–H groups in total. The van der Waals surface area contributed by atoms with E-state index in [9.17, 15) is 18.0 Å². The predicted octanol–water partition coefficient (Wildman–Crippen LogP) is 1.63. The molecule has 9 heteroatoms. The molecule has 4 rings (SSSR count). The molecule has 1 aromatic heterocycles. The van der Waals surface area contributed by atoms with E-state index >= 15 is 0 Å². The number of carbonyl (C=O) groups is 1. The van der Waals surface area contributed by atoms with Crippen molar-refractivity contribution in [3.05, 3.63) is 17.2 Å². The SMILES string of the molecule is C[C@H]1CCN1c1nc(N2CC3(COC3)C2)cc(C(F)(F)F)c1C(N)=O. The number of hydrogen-bond donors (Lipinski definition) is 1. The van der Waals surface area contributed by atoms with Crippen LogP contribution in [0.2, 0.25) is 0 Å². The molecule has 1 spiro atoms. The molecule has 0 radical (unpaired) electrons. The smallest absolute Gasteiger partial charge is 0.380 e. The van der Waals surface area contributed by atoms with Gasteiger partial charge >= 0.3 is 6.18 Å². The summed E-state index contributed by atoms with van der Waals surface area (Å²) in [6.45, 7) is 4.94. The number of ether oxygens (including phenoxy) is 1. The van der Waals surface area contributed by atoms with Gasteiger partial charge in [-0.05, 0) is 19.4 Å². The highest BCUT2D eigenvalue weighted by molar-refractivity contribution is 6.00. The summed E-state index contributed by atoms with van der Waals surface area (Å²) in [5.74, 6) is -0.821. The number of pyridine rings is 1. The number of carbonyl (C=O) groups excluding carboxylic acids is 1. The second kappa shape index (κ2) is 5.23. The number of rotatable bonds is 3. The number of primary amides is 1. The highest BCUT2D eigenvalue weighted by atomic mass is 19.4. The van der Waals surface area contributed by atoms with Crippen LogP contribution in [0, 0.1) is 5.41 Å². The van der Waals surface area contributed by atoms with Crippen LogP contribution in [0.5, 0.6) is 0 Å². The van der Waals surface area contributed by atoms with E-state index in [1.54, 1.807) is 9.80 Å². The van der Waals surface area contributed by atoms with Gasteiger partial charge in [0.15, 0.2) is 0 Å². The van der Waals surface area contributed by atoms with E-state index in [4.69, 9.17) is 10.5 Å².